The standard InChI is InChI=1S/C35H37Cl2N3O5S/c1-4-38-35(42)32(22-26-11-7-6-8-12-26)39(23-27-17-20-29(36)30(37)21-27)34(41)24-40(31-13-9-10-14-33(31)45-5-2)46(43,44)28-18-15-25(3)16-19-28/h6-21,32H,4-5,22-24H2,1-3H3,(H,38,42)/t32-/m1/s1. The van der Waals surface area contributed by atoms with Gasteiger partial charge in [-0.05, 0) is 68.3 Å². The molecule has 0 bridgehead atoms. The first kappa shape index (κ1) is 34.8. The van der Waals surface area contributed by atoms with Crippen LogP contribution in [0.5, 0.6) is 5.75 Å². The minimum absolute atomic E-state index is 0.0118. The van der Waals surface area contributed by atoms with Gasteiger partial charge in [-0.1, -0.05) is 89.4 Å². The molecule has 0 fully saturated rings. The maximum atomic E-state index is 14.6. The largest absolute Gasteiger partial charge is 0.492 e. The predicted molar refractivity (Wildman–Crippen MR) is 183 cm³/mol. The molecule has 0 radical (unpaired) electrons. The average Bonchev–Trinajstić information content (AvgIpc) is 3.04. The Morgan fingerprint density at radius 1 is 0.848 bits per heavy atom. The summed E-state index contributed by atoms with van der Waals surface area (Å²) < 4.78 is 35.4. The summed E-state index contributed by atoms with van der Waals surface area (Å²) in [5.41, 5.74) is 2.53. The number of hydrogen-bond acceptors (Lipinski definition) is 5. The number of aryl methyl sites for hydroxylation is 1. The Kier molecular flexibility index (Phi) is 12.1. The SMILES string of the molecule is CCNC(=O)[C@@H](Cc1ccccc1)N(Cc1ccc(Cl)c(Cl)c1)C(=O)CN(c1ccccc1OCC)S(=O)(=O)c1ccc(C)cc1. The van der Waals surface area contributed by atoms with Gasteiger partial charge in [0, 0.05) is 19.5 Å². The number of nitrogens with zero attached hydrogens (tertiary/aromatic N) is 2. The molecule has 4 aromatic rings. The molecule has 0 aliphatic rings. The van der Waals surface area contributed by atoms with Crippen molar-refractivity contribution in [2.45, 2.75) is 44.7 Å². The monoisotopic (exact) mass is 681 g/mol. The van der Waals surface area contributed by atoms with E-state index >= 15 is 0 Å². The quantitative estimate of drug-likeness (QED) is 0.160. The fourth-order valence-electron chi connectivity index (χ4n) is 4.97. The number of likely N-dealkylation sites (N-methyl/N-ethyl adjacent to an activating group) is 1. The Morgan fingerprint density at radius 3 is 2.17 bits per heavy atom. The maximum Gasteiger partial charge on any atom is 0.264 e. The summed E-state index contributed by atoms with van der Waals surface area (Å²) in [5.74, 6) is -0.670. The molecule has 0 aliphatic heterocycles. The second-order valence-electron chi connectivity index (χ2n) is 10.6. The number of rotatable bonds is 14. The number of benzene rings is 4. The molecule has 4 aromatic carbocycles. The second kappa shape index (κ2) is 16.0. The first-order valence-corrected chi connectivity index (χ1v) is 17.1. The summed E-state index contributed by atoms with van der Waals surface area (Å²) in [6, 6.07) is 26.4. The van der Waals surface area contributed by atoms with E-state index in [2.05, 4.69) is 5.32 Å². The van der Waals surface area contributed by atoms with Gasteiger partial charge in [0.25, 0.3) is 10.0 Å². The van der Waals surface area contributed by atoms with Crippen LogP contribution in [0.3, 0.4) is 0 Å². The van der Waals surface area contributed by atoms with Gasteiger partial charge in [-0.2, -0.15) is 0 Å². The number of hydrogen-bond donors (Lipinski definition) is 1. The van der Waals surface area contributed by atoms with Crippen molar-refractivity contribution in [1.82, 2.24) is 10.2 Å². The zero-order valence-corrected chi connectivity index (χ0v) is 28.3. The molecule has 1 atom stereocenters. The first-order valence-electron chi connectivity index (χ1n) is 14.9. The lowest BCUT2D eigenvalue weighted by molar-refractivity contribution is -0.140. The molecule has 4 rings (SSSR count). The first-order chi connectivity index (χ1) is 22.0. The van der Waals surface area contributed by atoms with Gasteiger partial charge in [-0.3, -0.25) is 13.9 Å². The lowest BCUT2D eigenvalue weighted by Gasteiger charge is -2.34. The van der Waals surface area contributed by atoms with Crippen LogP contribution >= 0.6 is 23.2 Å². The van der Waals surface area contributed by atoms with Crippen LogP contribution in [-0.4, -0.2) is 50.9 Å². The van der Waals surface area contributed by atoms with Crippen molar-refractivity contribution in [1.29, 1.82) is 0 Å². The summed E-state index contributed by atoms with van der Waals surface area (Å²) >= 11 is 12.5. The van der Waals surface area contributed by atoms with Gasteiger partial charge < -0.3 is 15.0 Å². The maximum absolute atomic E-state index is 14.6. The van der Waals surface area contributed by atoms with Gasteiger partial charge in [-0.25, -0.2) is 8.42 Å². The molecule has 0 heterocycles. The highest BCUT2D eigenvalue weighted by Gasteiger charge is 2.35. The van der Waals surface area contributed by atoms with E-state index in [9.17, 15) is 18.0 Å². The van der Waals surface area contributed by atoms with Gasteiger partial charge in [-0.15, -0.1) is 0 Å². The molecule has 0 saturated heterocycles. The molecule has 2 amide bonds. The van der Waals surface area contributed by atoms with E-state index in [1.165, 1.54) is 17.0 Å². The number of ether oxygens (including phenoxy) is 1. The Hall–Kier alpha value is -4.05. The highest BCUT2D eigenvalue weighted by molar-refractivity contribution is 7.92. The molecule has 0 unspecified atom stereocenters. The average molecular weight is 683 g/mol. The number of carbonyl (C=O) groups is 2. The molecule has 1 N–H and O–H groups in total. The molecule has 0 aromatic heterocycles. The lowest BCUT2D eigenvalue weighted by Crippen LogP contribution is -2.53. The van der Waals surface area contributed by atoms with Crippen molar-refractivity contribution in [3.05, 3.63) is 124 Å². The highest BCUT2D eigenvalue weighted by atomic mass is 35.5. The van der Waals surface area contributed by atoms with Crippen LogP contribution in [0.1, 0.15) is 30.5 Å². The van der Waals surface area contributed by atoms with Crippen LogP contribution in [0.2, 0.25) is 10.0 Å². The second-order valence-corrected chi connectivity index (χ2v) is 13.3. The topological polar surface area (TPSA) is 96.0 Å². The van der Waals surface area contributed by atoms with Crippen molar-refractivity contribution >= 4 is 50.7 Å². The van der Waals surface area contributed by atoms with Gasteiger partial charge in [0.05, 0.1) is 27.2 Å². The summed E-state index contributed by atoms with van der Waals surface area (Å²) in [6.45, 7) is 5.43. The van der Waals surface area contributed by atoms with E-state index < -0.39 is 28.5 Å². The smallest absolute Gasteiger partial charge is 0.264 e. The number of halogens is 2. The van der Waals surface area contributed by atoms with Crippen LogP contribution in [0.25, 0.3) is 0 Å². The van der Waals surface area contributed by atoms with Gasteiger partial charge in [0.2, 0.25) is 11.8 Å². The molecular weight excluding hydrogens is 645 g/mol. The predicted octanol–water partition coefficient (Wildman–Crippen LogP) is 6.67. The van der Waals surface area contributed by atoms with Crippen molar-refractivity contribution in [3.63, 3.8) is 0 Å². The van der Waals surface area contributed by atoms with E-state index in [4.69, 9.17) is 27.9 Å². The highest BCUT2D eigenvalue weighted by Crippen LogP contribution is 2.33. The number of nitrogens with one attached hydrogen (secondary N) is 1. The van der Waals surface area contributed by atoms with Gasteiger partial charge >= 0.3 is 0 Å². The third-order valence-electron chi connectivity index (χ3n) is 7.28. The van der Waals surface area contributed by atoms with Crippen LogP contribution in [0, 0.1) is 6.92 Å². The molecule has 11 heteroatoms. The van der Waals surface area contributed by atoms with Gasteiger partial charge in [0.1, 0.15) is 18.3 Å². The van der Waals surface area contributed by atoms with E-state index in [-0.39, 0.29) is 36.1 Å². The zero-order valence-electron chi connectivity index (χ0n) is 26.0. The van der Waals surface area contributed by atoms with Crippen molar-refractivity contribution in [3.8, 4) is 5.75 Å². The number of amides is 2. The Balaban J connectivity index is 1.84. The number of para-hydroxylation sites is 2. The fraction of sp³-hybridized carbons (Fsp3) is 0.257. The van der Waals surface area contributed by atoms with Crippen LogP contribution in [0.4, 0.5) is 5.69 Å². The number of carbonyl (C=O) groups excluding carboxylic acids is 2. The molecule has 0 spiro atoms. The van der Waals surface area contributed by atoms with E-state index in [1.54, 1.807) is 68.4 Å². The van der Waals surface area contributed by atoms with Crippen molar-refractivity contribution in [2.24, 2.45) is 0 Å². The molecule has 0 saturated carbocycles. The lowest BCUT2D eigenvalue weighted by atomic mass is 10.0. The molecule has 46 heavy (non-hydrogen) atoms. The third-order valence-corrected chi connectivity index (χ3v) is 9.79. The van der Waals surface area contributed by atoms with E-state index in [0.29, 0.717) is 27.9 Å². The van der Waals surface area contributed by atoms with Crippen molar-refractivity contribution < 1.29 is 22.7 Å². The van der Waals surface area contributed by atoms with E-state index in [1.807, 2.05) is 37.3 Å². The van der Waals surface area contributed by atoms with Gasteiger partial charge in [0.15, 0.2) is 0 Å². The molecular formula is C35H37Cl2N3O5S. The summed E-state index contributed by atoms with van der Waals surface area (Å²) in [6.07, 6.45) is 0.194. The minimum atomic E-state index is -4.27. The zero-order chi connectivity index (χ0) is 33.3. The van der Waals surface area contributed by atoms with Crippen LogP contribution in [-0.2, 0) is 32.6 Å². The summed E-state index contributed by atoms with van der Waals surface area (Å²) in [7, 11) is -4.27. The van der Waals surface area contributed by atoms with Crippen LogP contribution in [0.15, 0.2) is 102 Å². The third kappa shape index (κ3) is 8.60. The summed E-state index contributed by atoms with van der Waals surface area (Å²) in [4.78, 5) is 29.6. The number of sulfonamides is 1. The molecule has 0 aliphatic carbocycles. The Labute approximate surface area is 280 Å². The Morgan fingerprint density at radius 2 is 1.52 bits per heavy atom. The fourth-order valence-corrected chi connectivity index (χ4v) is 6.72. The number of anilines is 1. The van der Waals surface area contributed by atoms with Crippen molar-refractivity contribution in [2.75, 3.05) is 24.0 Å². The van der Waals surface area contributed by atoms with E-state index in [0.717, 1.165) is 15.4 Å². The molecule has 8 nitrogen and oxygen atoms in total. The molecule has 242 valence electrons. The van der Waals surface area contributed by atoms with Crippen LogP contribution < -0.4 is 14.4 Å². The Bertz CT molecular complexity index is 1750. The minimum Gasteiger partial charge on any atom is -0.492 e. The normalized spacial score (nSPS) is 11.8. The summed E-state index contributed by atoms with van der Waals surface area (Å²) in [5, 5.41) is 3.48.